The molecule has 2 atom stereocenters. The number of carbonyl (C=O) groups excluding carboxylic acids is 1. The van der Waals surface area contributed by atoms with Crippen molar-refractivity contribution < 1.29 is 22.3 Å². The largest absolute Gasteiger partial charge is 0.458 e. The molecule has 128 valence electrons. The van der Waals surface area contributed by atoms with Gasteiger partial charge >= 0.3 is 5.97 Å². The molecule has 23 heavy (non-hydrogen) atoms. The van der Waals surface area contributed by atoms with Gasteiger partial charge < -0.3 is 9.64 Å². The molecule has 1 aliphatic heterocycles. The molecular weight excluding hydrogens is 321 g/mol. The second-order valence-corrected chi connectivity index (χ2v) is 8.40. The lowest BCUT2D eigenvalue weighted by atomic mass is 10.0. The van der Waals surface area contributed by atoms with Crippen molar-refractivity contribution in [1.29, 1.82) is 0 Å². The molecule has 2 unspecified atom stereocenters. The van der Waals surface area contributed by atoms with Gasteiger partial charge in [0.25, 0.3) is 0 Å². The molecule has 0 amide bonds. The Labute approximate surface area is 136 Å². The van der Waals surface area contributed by atoms with E-state index in [0.717, 1.165) is 0 Å². The Morgan fingerprint density at radius 3 is 2.70 bits per heavy atom. The monoisotopic (exact) mass is 343 g/mol. The Bertz CT molecular complexity index is 687. The van der Waals surface area contributed by atoms with Gasteiger partial charge in [-0.25, -0.2) is 12.8 Å². The molecule has 0 saturated carbocycles. The molecule has 0 N–H and O–H groups in total. The predicted molar refractivity (Wildman–Crippen MR) is 86.6 cm³/mol. The Morgan fingerprint density at radius 1 is 1.43 bits per heavy atom. The predicted octanol–water partition coefficient (Wildman–Crippen LogP) is 2.32. The van der Waals surface area contributed by atoms with Crippen molar-refractivity contribution in [1.82, 2.24) is 0 Å². The van der Waals surface area contributed by atoms with Crippen LogP contribution >= 0.6 is 0 Å². The van der Waals surface area contributed by atoms with Gasteiger partial charge in [0.15, 0.2) is 9.84 Å². The molecule has 1 aromatic carbocycles. The molecule has 1 saturated heterocycles. The third-order valence-corrected chi connectivity index (χ3v) is 5.85. The molecule has 1 aromatic rings. The lowest BCUT2D eigenvalue weighted by Gasteiger charge is -2.22. The second kappa shape index (κ2) is 6.86. The highest BCUT2D eigenvalue weighted by molar-refractivity contribution is 7.91. The van der Waals surface area contributed by atoms with Crippen molar-refractivity contribution in [2.75, 3.05) is 30.5 Å². The number of rotatable bonds is 5. The quantitative estimate of drug-likeness (QED) is 0.768. The second-order valence-electron chi connectivity index (χ2n) is 6.17. The third-order valence-electron chi connectivity index (χ3n) is 4.01. The number of nitrogens with zero attached hydrogens (tertiary/aromatic N) is 1. The van der Waals surface area contributed by atoms with Gasteiger partial charge in [-0.15, -0.1) is 0 Å². The summed E-state index contributed by atoms with van der Waals surface area (Å²) in [5.41, 5.74) is 0.971. The van der Waals surface area contributed by atoms with Crippen molar-refractivity contribution in [2.24, 2.45) is 5.92 Å². The first-order valence-electron chi connectivity index (χ1n) is 7.55. The first kappa shape index (κ1) is 17.7. The number of benzene rings is 1. The van der Waals surface area contributed by atoms with Gasteiger partial charge in [0, 0.05) is 26.2 Å². The van der Waals surface area contributed by atoms with E-state index in [1.54, 1.807) is 38.1 Å². The summed E-state index contributed by atoms with van der Waals surface area (Å²) in [6.45, 7) is 1.62. The summed E-state index contributed by atoms with van der Waals surface area (Å²) in [4.78, 5) is 13.8. The van der Waals surface area contributed by atoms with E-state index >= 15 is 0 Å². The van der Waals surface area contributed by atoms with Gasteiger partial charge in [-0.05, 0) is 31.4 Å². The third kappa shape index (κ3) is 4.43. The summed E-state index contributed by atoms with van der Waals surface area (Å²) in [5.74, 6) is -0.973. The summed E-state index contributed by atoms with van der Waals surface area (Å²) in [6.07, 6.45) is -0.205. The number of esters is 1. The highest BCUT2D eigenvalue weighted by Crippen LogP contribution is 2.31. The lowest BCUT2D eigenvalue weighted by molar-refractivity contribution is -0.149. The summed E-state index contributed by atoms with van der Waals surface area (Å²) < 4.78 is 42.3. The summed E-state index contributed by atoms with van der Waals surface area (Å²) in [6, 6.07) is 4.69. The van der Waals surface area contributed by atoms with Gasteiger partial charge in [0.05, 0.1) is 17.1 Å². The molecule has 0 spiro atoms. The normalized spacial score (nSPS) is 21.0. The zero-order valence-corrected chi connectivity index (χ0v) is 14.4. The molecule has 1 heterocycles. The van der Waals surface area contributed by atoms with Gasteiger partial charge in [0.1, 0.15) is 11.9 Å². The molecule has 1 fully saturated rings. The standard InChI is InChI=1S/C16H22FNO4S/c1-11(16-13(17)5-4-6-14(16)18(2)3)22-15(19)9-12-7-8-23(20,21)10-12/h4-6,11-12H,7-10H2,1-3H3. The fourth-order valence-corrected chi connectivity index (χ4v) is 4.75. The van der Waals surface area contributed by atoms with Crippen LogP contribution in [0.3, 0.4) is 0 Å². The van der Waals surface area contributed by atoms with E-state index in [1.807, 2.05) is 0 Å². The Balaban J connectivity index is 2.05. The van der Waals surface area contributed by atoms with E-state index in [0.29, 0.717) is 17.7 Å². The minimum atomic E-state index is -3.02. The first-order chi connectivity index (χ1) is 10.7. The van der Waals surface area contributed by atoms with Crippen LogP contribution in [0.5, 0.6) is 0 Å². The van der Waals surface area contributed by atoms with Crippen LogP contribution in [0.1, 0.15) is 31.4 Å². The Hall–Kier alpha value is -1.63. The van der Waals surface area contributed by atoms with Crippen molar-refractivity contribution >= 4 is 21.5 Å². The fraction of sp³-hybridized carbons (Fsp3) is 0.562. The van der Waals surface area contributed by atoms with Crippen LogP contribution < -0.4 is 4.90 Å². The number of hydrogen-bond donors (Lipinski definition) is 0. The van der Waals surface area contributed by atoms with E-state index in [-0.39, 0.29) is 23.8 Å². The Morgan fingerprint density at radius 2 is 2.13 bits per heavy atom. The minimum Gasteiger partial charge on any atom is -0.458 e. The van der Waals surface area contributed by atoms with Crippen molar-refractivity contribution in [3.8, 4) is 0 Å². The van der Waals surface area contributed by atoms with Gasteiger partial charge in [-0.3, -0.25) is 4.79 Å². The molecule has 7 heteroatoms. The van der Waals surface area contributed by atoms with Gasteiger partial charge in [-0.1, -0.05) is 6.07 Å². The summed E-state index contributed by atoms with van der Waals surface area (Å²) in [7, 11) is 0.555. The van der Waals surface area contributed by atoms with Crippen LogP contribution in [0, 0.1) is 11.7 Å². The minimum absolute atomic E-state index is 0.0269. The SMILES string of the molecule is CC(OC(=O)CC1CCS(=O)(=O)C1)c1c(F)cccc1N(C)C. The number of ether oxygens (including phenoxy) is 1. The van der Waals surface area contributed by atoms with Gasteiger partial charge in [0.2, 0.25) is 0 Å². The zero-order chi connectivity index (χ0) is 17.2. The van der Waals surface area contributed by atoms with E-state index in [2.05, 4.69) is 0 Å². The highest BCUT2D eigenvalue weighted by atomic mass is 32.2. The maximum atomic E-state index is 14.1. The average molecular weight is 343 g/mol. The van der Waals surface area contributed by atoms with Gasteiger partial charge in [-0.2, -0.15) is 0 Å². The molecule has 0 radical (unpaired) electrons. The molecule has 2 rings (SSSR count). The zero-order valence-electron chi connectivity index (χ0n) is 13.6. The number of anilines is 1. The number of sulfone groups is 1. The lowest BCUT2D eigenvalue weighted by Crippen LogP contribution is -2.18. The van der Waals surface area contributed by atoms with Crippen LogP contribution in [0.15, 0.2) is 18.2 Å². The smallest absolute Gasteiger partial charge is 0.306 e. The van der Waals surface area contributed by atoms with Crippen LogP contribution in [0.25, 0.3) is 0 Å². The van der Waals surface area contributed by atoms with Crippen LogP contribution in [0.2, 0.25) is 0 Å². The molecule has 1 aliphatic rings. The van der Waals surface area contributed by atoms with Crippen LogP contribution in [-0.2, 0) is 19.4 Å². The topological polar surface area (TPSA) is 63.7 Å². The van der Waals surface area contributed by atoms with Crippen molar-refractivity contribution in [3.05, 3.63) is 29.6 Å². The average Bonchev–Trinajstić information content (AvgIpc) is 2.76. The molecule has 0 bridgehead atoms. The molecular formula is C16H22FNO4S. The summed E-state index contributed by atoms with van der Waals surface area (Å²) >= 11 is 0. The van der Waals surface area contributed by atoms with E-state index in [1.165, 1.54) is 6.07 Å². The van der Waals surface area contributed by atoms with E-state index in [9.17, 15) is 17.6 Å². The highest BCUT2D eigenvalue weighted by Gasteiger charge is 2.30. The molecule has 0 aromatic heterocycles. The number of halogens is 1. The number of carbonyl (C=O) groups is 1. The van der Waals surface area contributed by atoms with E-state index < -0.39 is 27.7 Å². The molecule has 0 aliphatic carbocycles. The van der Waals surface area contributed by atoms with Crippen molar-refractivity contribution in [2.45, 2.75) is 25.9 Å². The number of hydrogen-bond acceptors (Lipinski definition) is 5. The first-order valence-corrected chi connectivity index (χ1v) is 9.37. The van der Waals surface area contributed by atoms with Crippen molar-refractivity contribution in [3.63, 3.8) is 0 Å². The van der Waals surface area contributed by atoms with Crippen LogP contribution in [0.4, 0.5) is 10.1 Å². The van der Waals surface area contributed by atoms with E-state index in [4.69, 9.17) is 4.74 Å². The fourth-order valence-electron chi connectivity index (χ4n) is 2.89. The van der Waals surface area contributed by atoms with Crippen LogP contribution in [-0.4, -0.2) is 40.0 Å². The summed E-state index contributed by atoms with van der Waals surface area (Å²) in [5, 5.41) is 0. The molecule has 5 nitrogen and oxygen atoms in total. The Kier molecular flexibility index (Phi) is 5.29. The maximum Gasteiger partial charge on any atom is 0.306 e. The maximum absolute atomic E-state index is 14.1.